The maximum atomic E-state index is 4.10. The number of anilines is 1. The Bertz CT molecular complexity index is 652. The fraction of sp³-hybridized carbons (Fsp3) is 0.588. The van der Waals surface area contributed by atoms with Gasteiger partial charge in [0.05, 0.1) is 11.7 Å². The first-order valence-corrected chi connectivity index (χ1v) is 7.69. The molecule has 2 bridgehead atoms. The molecule has 0 aliphatic heterocycles. The number of fused-ring (bicyclic) bond motifs is 3. The number of nitrogens with zero attached hydrogens (tertiary/aromatic N) is 1. The molecule has 1 aromatic heterocycles. The van der Waals surface area contributed by atoms with E-state index in [0.29, 0.717) is 16.9 Å². The molecule has 2 saturated carbocycles. The molecular weight excluding hydrogens is 246 g/mol. The summed E-state index contributed by atoms with van der Waals surface area (Å²) in [6.45, 7) is 7.35. The van der Waals surface area contributed by atoms with Gasteiger partial charge in [0.1, 0.15) is 0 Å². The Kier molecular flexibility index (Phi) is 2.31. The molecule has 1 heterocycles. The molecule has 20 heavy (non-hydrogen) atoms. The zero-order chi connectivity index (χ0) is 14.0. The van der Waals surface area contributed by atoms with Crippen LogP contribution in [-0.2, 0) is 0 Å². The van der Waals surface area contributed by atoms with E-state index >= 15 is 0 Å². The van der Waals surface area contributed by atoms with Gasteiger partial charge in [-0.25, -0.2) is 0 Å². The lowest BCUT2D eigenvalue weighted by molar-refractivity contribution is 0.155. The highest BCUT2D eigenvalue weighted by atomic mass is 15.1. The van der Waals surface area contributed by atoms with E-state index in [1.54, 1.807) is 0 Å². The van der Waals surface area contributed by atoms with Crippen LogP contribution in [0.4, 0.5) is 5.69 Å². The summed E-state index contributed by atoms with van der Waals surface area (Å²) >= 11 is 0. The molecule has 3 atom stereocenters. The zero-order valence-electron chi connectivity index (χ0n) is 12.5. The van der Waals surface area contributed by atoms with Gasteiger partial charge in [-0.05, 0) is 54.2 Å². The van der Waals surface area contributed by atoms with Crippen LogP contribution >= 0.6 is 0 Å². The number of H-pyrrole nitrogens is 1. The maximum Gasteiger partial charge on any atom is 0.0651 e. The molecule has 3 nitrogen and oxygen atoms in total. The Morgan fingerprint density at radius 3 is 2.90 bits per heavy atom. The summed E-state index contributed by atoms with van der Waals surface area (Å²) in [5, 5.41) is 12.1. The fourth-order valence-corrected chi connectivity index (χ4v) is 4.86. The average Bonchev–Trinajstić information content (AvgIpc) is 3.05. The van der Waals surface area contributed by atoms with Crippen molar-refractivity contribution in [2.45, 2.75) is 46.1 Å². The lowest BCUT2D eigenvalue weighted by Crippen LogP contribution is -2.45. The van der Waals surface area contributed by atoms with E-state index in [9.17, 15) is 0 Å². The minimum Gasteiger partial charge on any atom is -0.381 e. The first kappa shape index (κ1) is 12.2. The summed E-state index contributed by atoms with van der Waals surface area (Å²) < 4.78 is 0. The van der Waals surface area contributed by atoms with E-state index in [4.69, 9.17) is 0 Å². The van der Waals surface area contributed by atoms with Gasteiger partial charge in [-0.1, -0.05) is 20.8 Å². The fourth-order valence-electron chi connectivity index (χ4n) is 4.86. The first-order chi connectivity index (χ1) is 9.49. The van der Waals surface area contributed by atoms with E-state index in [-0.39, 0.29) is 0 Å². The average molecular weight is 269 g/mol. The summed E-state index contributed by atoms with van der Waals surface area (Å²) in [5.41, 5.74) is 3.18. The third-order valence-corrected chi connectivity index (χ3v) is 6.02. The molecule has 2 N–H and O–H groups in total. The van der Waals surface area contributed by atoms with Gasteiger partial charge < -0.3 is 5.32 Å². The van der Waals surface area contributed by atoms with Gasteiger partial charge in [-0.3, -0.25) is 5.10 Å². The Hall–Kier alpha value is -1.51. The van der Waals surface area contributed by atoms with Crippen LogP contribution in [0.1, 0.15) is 40.0 Å². The molecule has 2 fully saturated rings. The molecule has 3 heteroatoms. The summed E-state index contributed by atoms with van der Waals surface area (Å²) in [5.74, 6) is 0.877. The van der Waals surface area contributed by atoms with Crippen molar-refractivity contribution in [2.24, 2.45) is 16.7 Å². The number of nitrogens with one attached hydrogen (secondary N) is 2. The van der Waals surface area contributed by atoms with Crippen LogP contribution in [0.2, 0.25) is 0 Å². The molecule has 4 rings (SSSR count). The van der Waals surface area contributed by atoms with Crippen molar-refractivity contribution < 1.29 is 0 Å². The Morgan fingerprint density at radius 1 is 1.30 bits per heavy atom. The highest BCUT2D eigenvalue weighted by Crippen LogP contribution is 2.63. The monoisotopic (exact) mass is 269 g/mol. The predicted octanol–water partition coefficient (Wildman–Crippen LogP) is 4.19. The second kappa shape index (κ2) is 3.78. The number of aromatic amines is 1. The SMILES string of the molecule is CC1(C)C(Nc2ccc3[nH]ncc3c2)[C@]2(C)CC[C@H]1C2. The van der Waals surface area contributed by atoms with Crippen molar-refractivity contribution in [3.8, 4) is 0 Å². The van der Waals surface area contributed by atoms with Crippen molar-refractivity contribution >= 4 is 16.6 Å². The topological polar surface area (TPSA) is 40.7 Å². The minimum absolute atomic E-state index is 0.387. The third kappa shape index (κ3) is 1.55. The number of hydrogen-bond acceptors (Lipinski definition) is 2. The molecule has 106 valence electrons. The summed E-state index contributed by atoms with van der Waals surface area (Å²) in [6, 6.07) is 7.07. The molecule has 0 amide bonds. The largest absolute Gasteiger partial charge is 0.381 e. The lowest BCUT2D eigenvalue weighted by atomic mass is 9.68. The van der Waals surface area contributed by atoms with Crippen molar-refractivity contribution in [3.05, 3.63) is 24.4 Å². The Labute approximate surface area is 120 Å². The van der Waals surface area contributed by atoms with Crippen LogP contribution in [0.25, 0.3) is 10.9 Å². The van der Waals surface area contributed by atoms with Crippen LogP contribution in [0.5, 0.6) is 0 Å². The Morgan fingerprint density at radius 2 is 2.15 bits per heavy atom. The number of benzene rings is 1. The van der Waals surface area contributed by atoms with E-state index in [1.165, 1.54) is 30.3 Å². The molecule has 2 aliphatic carbocycles. The molecule has 1 unspecified atom stereocenters. The normalized spacial score (nSPS) is 34.8. The summed E-state index contributed by atoms with van der Waals surface area (Å²) in [6.07, 6.45) is 6.05. The van der Waals surface area contributed by atoms with Crippen LogP contribution in [0.3, 0.4) is 0 Å². The highest BCUT2D eigenvalue weighted by molar-refractivity contribution is 5.81. The second-order valence-electron chi connectivity index (χ2n) is 7.66. The summed E-state index contributed by atoms with van der Waals surface area (Å²) in [7, 11) is 0. The van der Waals surface area contributed by atoms with Gasteiger partial charge >= 0.3 is 0 Å². The molecule has 2 aromatic rings. The standard InChI is InChI=1S/C17H23N3/c1-16(2)12-6-7-17(3,9-12)15(16)19-13-4-5-14-11(8-13)10-18-20-14/h4-5,8,10,12,15,19H,6-7,9H2,1-3H3,(H,18,20)/t12-,15?,17+/m0/s1. The van der Waals surface area contributed by atoms with Crippen LogP contribution < -0.4 is 5.32 Å². The van der Waals surface area contributed by atoms with Gasteiger partial charge in [0.2, 0.25) is 0 Å². The van der Waals surface area contributed by atoms with E-state index < -0.39 is 0 Å². The lowest BCUT2D eigenvalue weighted by Gasteiger charge is -2.43. The smallest absolute Gasteiger partial charge is 0.0651 e. The molecule has 0 spiro atoms. The van der Waals surface area contributed by atoms with E-state index in [0.717, 1.165) is 11.4 Å². The number of hydrogen-bond donors (Lipinski definition) is 2. The minimum atomic E-state index is 0.387. The van der Waals surface area contributed by atoms with Gasteiger partial charge in [0, 0.05) is 17.1 Å². The van der Waals surface area contributed by atoms with Crippen LogP contribution in [0, 0.1) is 16.7 Å². The van der Waals surface area contributed by atoms with Crippen molar-refractivity contribution in [3.63, 3.8) is 0 Å². The Balaban J connectivity index is 1.67. The van der Waals surface area contributed by atoms with E-state index in [2.05, 4.69) is 54.5 Å². The van der Waals surface area contributed by atoms with Gasteiger partial charge in [0.15, 0.2) is 0 Å². The van der Waals surface area contributed by atoms with Gasteiger partial charge in [-0.15, -0.1) is 0 Å². The second-order valence-corrected chi connectivity index (χ2v) is 7.66. The van der Waals surface area contributed by atoms with Gasteiger partial charge in [-0.2, -0.15) is 5.10 Å². The summed E-state index contributed by atoms with van der Waals surface area (Å²) in [4.78, 5) is 0. The van der Waals surface area contributed by atoms with Crippen molar-refractivity contribution in [2.75, 3.05) is 5.32 Å². The van der Waals surface area contributed by atoms with Crippen LogP contribution in [-0.4, -0.2) is 16.2 Å². The highest BCUT2D eigenvalue weighted by Gasteiger charge is 2.59. The number of rotatable bonds is 2. The van der Waals surface area contributed by atoms with Crippen molar-refractivity contribution in [1.82, 2.24) is 10.2 Å². The maximum absolute atomic E-state index is 4.10. The predicted molar refractivity (Wildman–Crippen MR) is 82.7 cm³/mol. The molecule has 0 radical (unpaired) electrons. The molecule has 2 aliphatic rings. The third-order valence-electron chi connectivity index (χ3n) is 6.02. The molecular formula is C17H23N3. The quantitative estimate of drug-likeness (QED) is 0.858. The van der Waals surface area contributed by atoms with E-state index in [1.807, 2.05) is 6.20 Å². The zero-order valence-corrected chi connectivity index (χ0v) is 12.5. The van der Waals surface area contributed by atoms with Crippen LogP contribution in [0.15, 0.2) is 24.4 Å². The first-order valence-electron chi connectivity index (χ1n) is 7.69. The van der Waals surface area contributed by atoms with Gasteiger partial charge in [0.25, 0.3) is 0 Å². The molecule has 0 saturated heterocycles. The number of aromatic nitrogens is 2. The molecule has 1 aromatic carbocycles. The van der Waals surface area contributed by atoms with Crippen molar-refractivity contribution in [1.29, 1.82) is 0 Å².